The van der Waals surface area contributed by atoms with Gasteiger partial charge in [-0.25, -0.2) is 0 Å². The zero-order valence-corrected chi connectivity index (χ0v) is 17.2. The van der Waals surface area contributed by atoms with Gasteiger partial charge in [0.1, 0.15) is 17.2 Å². The number of fused-ring (bicyclic) bond motifs is 1. The van der Waals surface area contributed by atoms with Crippen LogP contribution in [0.4, 0.5) is 0 Å². The second-order valence-corrected chi connectivity index (χ2v) is 8.00. The molecule has 1 amide bonds. The van der Waals surface area contributed by atoms with Gasteiger partial charge in [-0.05, 0) is 63.0 Å². The largest absolute Gasteiger partial charge is 0.461 e. The van der Waals surface area contributed by atoms with Gasteiger partial charge in [0, 0.05) is 30.9 Å². The van der Waals surface area contributed by atoms with E-state index in [2.05, 4.69) is 22.0 Å². The van der Waals surface area contributed by atoms with Crippen molar-refractivity contribution in [1.82, 2.24) is 14.8 Å². The molecule has 152 valence electrons. The lowest BCUT2D eigenvalue weighted by Crippen LogP contribution is -2.36. The molecule has 2 aliphatic heterocycles. The Bertz CT molecular complexity index is 871. The molecule has 5 nitrogen and oxygen atoms in total. The van der Waals surface area contributed by atoms with E-state index in [9.17, 15) is 4.79 Å². The van der Waals surface area contributed by atoms with E-state index in [0.29, 0.717) is 28.9 Å². The van der Waals surface area contributed by atoms with Crippen LogP contribution in [0, 0.1) is 0 Å². The van der Waals surface area contributed by atoms with Crippen molar-refractivity contribution in [3.05, 3.63) is 71.3 Å². The summed E-state index contributed by atoms with van der Waals surface area (Å²) in [7, 11) is 0. The number of carbonyl (C=O) groups is 1. The number of benzene rings is 1. The lowest BCUT2D eigenvalue weighted by atomic mass is 9.94. The van der Waals surface area contributed by atoms with Gasteiger partial charge < -0.3 is 9.64 Å². The van der Waals surface area contributed by atoms with E-state index in [4.69, 9.17) is 16.3 Å². The summed E-state index contributed by atoms with van der Waals surface area (Å²) in [5, 5.41) is 0.333. The van der Waals surface area contributed by atoms with Crippen molar-refractivity contribution in [1.29, 1.82) is 0 Å². The zero-order valence-electron chi connectivity index (χ0n) is 16.5. The fourth-order valence-corrected chi connectivity index (χ4v) is 4.30. The van der Waals surface area contributed by atoms with Crippen LogP contribution in [0.5, 0.6) is 5.75 Å². The number of pyridine rings is 1. The van der Waals surface area contributed by atoms with Crippen LogP contribution in [-0.2, 0) is 0 Å². The fourth-order valence-electron chi connectivity index (χ4n) is 4.10. The van der Waals surface area contributed by atoms with Gasteiger partial charge in [0.05, 0.1) is 5.56 Å². The second-order valence-electron chi connectivity index (χ2n) is 7.61. The van der Waals surface area contributed by atoms with Crippen molar-refractivity contribution in [3.63, 3.8) is 0 Å². The van der Waals surface area contributed by atoms with Crippen molar-refractivity contribution in [2.75, 3.05) is 26.2 Å². The Labute approximate surface area is 176 Å². The Balaban J connectivity index is 1.28. The number of hydrogen-bond donors (Lipinski definition) is 0. The van der Waals surface area contributed by atoms with Gasteiger partial charge in [0.25, 0.3) is 5.91 Å². The smallest absolute Gasteiger partial charge is 0.262 e. The first-order valence-corrected chi connectivity index (χ1v) is 10.7. The highest BCUT2D eigenvalue weighted by Crippen LogP contribution is 2.28. The Kier molecular flexibility index (Phi) is 6.47. The minimum absolute atomic E-state index is 0.104. The number of piperidine rings is 1. The Morgan fingerprint density at radius 2 is 1.93 bits per heavy atom. The summed E-state index contributed by atoms with van der Waals surface area (Å²) in [6.07, 6.45) is 7.65. The van der Waals surface area contributed by atoms with Crippen molar-refractivity contribution in [2.45, 2.75) is 31.6 Å². The molecule has 0 aliphatic carbocycles. The second kappa shape index (κ2) is 9.42. The molecule has 1 aromatic heterocycles. The first-order chi connectivity index (χ1) is 14.2. The molecule has 1 unspecified atom stereocenters. The molecule has 1 aromatic carbocycles. The normalized spacial score (nSPS) is 19.9. The van der Waals surface area contributed by atoms with Crippen LogP contribution in [0.1, 0.15) is 47.7 Å². The number of rotatable bonds is 6. The van der Waals surface area contributed by atoms with Gasteiger partial charge >= 0.3 is 0 Å². The maximum absolute atomic E-state index is 12.8. The molecular formula is C23H26ClN3O2. The van der Waals surface area contributed by atoms with Gasteiger partial charge in [0.2, 0.25) is 0 Å². The first kappa shape index (κ1) is 19.9. The third-order valence-electron chi connectivity index (χ3n) is 5.62. The molecular weight excluding hydrogens is 386 g/mol. The summed E-state index contributed by atoms with van der Waals surface area (Å²) in [4.78, 5) is 21.5. The van der Waals surface area contributed by atoms with Crippen LogP contribution < -0.4 is 4.74 Å². The monoisotopic (exact) mass is 411 g/mol. The molecule has 2 aromatic rings. The van der Waals surface area contributed by atoms with Gasteiger partial charge in [-0.1, -0.05) is 29.8 Å². The van der Waals surface area contributed by atoms with Crippen molar-refractivity contribution in [2.24, 2.45) is 0 Å². The first-order valence-electron chi connectivity index (χ1n) is 10.3. The fraction of sp³-hybridized carbons (Fsp3) is 0.391. The van der Waals surface area contributed by atoms with Crippen LogP contribution in [0.25, 0.3) is 0 Å². The van der Waals surface area contributed by atoms with Gasteiger partial charge in [0.15, 0.2) is 0 Å². The summed E-state index contributed by atoms with van der Waals surface area (Å²) >= 11 is 6.31. The van der Waals surface area contributed by atoms with Crippen molar-refractivity contribution in [3.8, 4) is 5.75 Å². The molecule has 0 spiro atoms. The molecule has 29 heavy (non-hydrogen) atoms. The average Bonchev–Trinajstić information content (AvgIpc) is 2.89. The number of nitrogens with zero attached hydrogens (tertiary/aromatic N) is 3. The maximum Gasteiger partial charge on any atom is 0.262 e. The Morgan fingerprint density at radius 3 is 2.79 bits per heavy atom. The molecule has 0 bridgehead atoms. The number of para-hydroxylation sites is 1. The van der Waals surface area contributed by atoms with E-state index in [1.807, 2.05) is 24.4 Å². The van der Waals surface area contributed by atoms with E-state index in [1.165, 1.54) is 24.8 Å². The van der Waals surface area contributed by atoms with E-state index in [0.717, 1.165) is 32.5 Å². The molecule has 0 saturated carbocycles. The Morgan fingerprint density at radius 1 is 1.10 bits per heavy atom. The number of halogens is 1. The lowest BCUT2D eigenvalue weighted by Gasteiger charge is -2.32. The standard InChI is InChI=1S/C23H26ClN3O2/c24-22-17-29-21-11-2-1-9-19(21)23(28)27(22)15-6-5-13-26-14-7-8-18(16-26)20-10-3-4-12-25-20/h1-4,9-12,17-18H,5-8,13-16H2. The van der Waals surface area contributed by atoms with Crippen LogP contribution in [0.15, 0.2) is 60.1 Å². The zero-order chi connectivity index (χ0) is 20.1. The number of aromatic nitrogens is 1. The molecule has 0 radical (unpaired) electrons. The number of carbonyl (C=O) groups excluding carboxylic acids is 1. The molecule has 1 atom stereocenters. The summed E-state index contributed by atoms with van der Waals surface area (Å²) in [6, 6.07) is 13.4. The summed E-state index contributed by atoms with van der Waals surface area (Å²) < 4.78 is 5.55. The van der Waals surface area contributed by atoms with Crippen LogP contribution in [0.3, 0.4) is 0 Å². The predicted octanol–water partition coefficient (Wildman–Crippen LogP) is 4.61. The number of likely N-dealkylation sites (tertiary alicyclic amines) is 1. The summed E-state index contributed by atoms with van der Waals surface area (Å²) in [5.41, 5.74) is 1.75. The van der Waals surface area contributed by atoms with Gasteiger partial charge in [-0.3, -0.25) is 14.7 Å². The van der Waals surface area contributed by atoms with Crippen molar-refractivity contribution < 1.29 is 9.53 Å². The van der Waals surface area contributed by atoms with Gasteiger partial charge in [-0.2, -0.15) is 0 Å². The highest BCUT2D eigenvalue weighted by Gasteiger charge is 2.25. The van der Waals surface area contributed by atoms with E-state index in [1.54, 1.807) is 17.0 Å². The Hall–Kier alpha value is -2.37. The maximum atomic E-state index is 12.8. The molecule has 6 heteroatoms. The lowest BCUT2D eigenvalue weighted by molar-refractivity contribution is 0.0814. The van der Waals surface area contributed by atoms with E-state index >= 15 is 0 Å². The predicted molar refractivity (Wildman–Crippen MR) is 114 cm³/mol. The molecule has 4 rings (SSSR count). The molecule has 0 N–H and O–H groups in total. The van der Waals surface area contributed by atoms with E-state index in [-0.39, 0.29) is 5.91 Å². The molecule has 3 heterocycles. The number of hydrogen-bond acceptors (Lipinski definition) is 4. The third-order valence-corrected chi connectivity index (χ3v) is 5.91. The molecule has 1 saturated heterocycles. The molecule has 1 fully saturated rings. The summed E-state index contributed by atoms with van der Waals surface area (Å²) in [5.74, 6) is 0.961. The number of unbranched alkanes of at least 4 members (excludes halogenated alkanes) is 1. The average molecular weight is 412 g/mol. The SMILES string of the molecule is O=C1c2ccccc2OC=C(Cl)N1CCCCN1CCCC(c2ccccn2)C1. The van der Waals surface area contributed by atoms with Crippen LogP contribution >= 0.6 is 11.6 Å². The number of ether oxygens (including phenoxy) is 1. The minimum atomic E-state index is -0.104. The van der Waals surface area contributed by atoms with Gasteiger partial charge in [-0.15, -0.1) is 0 Å². The summed E-state index contributed by atoms with van der Waals surface area (Å²) in [6.45, 7) is 3.80. The van der Waals surface area contributed by atoms with Crippen molar-refractivity contribution >= 4 is 17.5 Å². The van der Waals surface area contributed by atoms with E-state index < -0.39 is 0 Å². The molecule has 2 aliphatic rings. The quantitative estimate of drug-likeness (QED) is 0.514. The highest BCUT2D eigenvalue weighted by atomic mass is 35.5. The topological polar surface area (TPSA) is 45.7 Å². The van der Waals surface area contributed by atoms with Crippen LogP contribution in [-0.4, -0.2) is 46.9 Å². The number of amides is 1. The van der Waals surface area contributed by atoms with Crippen LogP contribution in [0.2, 0.25) is 0 Å². The minimum Gasteiger partial charge on any atom is -0.461 e. The third kappa shape index (κ3) is 4.80. The highest BCUT2D eigenvalue weighted by molar-refractivity contribution is 6.30.